The van der Waals surface area contributed by atoms with Crippen LogP contribution in [0.3, 0.4) is 0 Å². The van der Waals surface area contributed by atoms with Crippen molar-refractivity contribution in [2.24, 2.45) is 5.73 Å². The maximum atomic E-state index is 13.0. The van der Waals surface area contributed by atoms with Gasteiger partial charge in [-0.05, 0) is 18.2 Å². The number of aromatic nitrogens is 2. The molecule has 0 aliphatic rings. The van der Waals surface area contributed by atoms with Gasteiger partial charge in [0.2, 0.25) is 0 Å². The van der Waals surface area contributed by atoms with Gasteiger partial charge in [0.15, 0.2) is 11.6 Å². The smallest absolute Gasteiger partial charge is 0.269 e. The van der Waals surface area contributed by atoms with E-state index >= 15 is 0 Å². The van der Waals surface area contributed by atoms with Gasteiger partial charge in [0, 0.05) is 12.1 Å². The van der Waals surface area contributed by atoms with E-state index in [9.17, 15) is 13.6 Å². The minimum atomic E-state index is -0.970. The van der Waals surface area contributed by atoms with Crippen LogP contribution in [0.4, 0.5) is 8.78 Å². The van der Waals surface area contributed by atoms with Crippen molar-refractivity contribution in [3.63, 3.8) is 0 Å². The quantitative estimate of drug-likeness (QED) is 0.716. The fraction of sp³-hybridized carbons (Fsp3) is 0.100. The maximum absolute atomic E-state index is 13.0. The van der Waals surface area contributed by atoms with Crippen molar-refractivity contribution >= 4 is 0 Å². The summed E-state index contributed by atoms with van der Waals surface area (Å²) in [7, 11) is 0. The lowest BCUT2D eigenvalue weighted by atomic mass is 10.1. The molecule has 84 valence electrons. The van der Waals surface area contributed by atoms with Crippen LogP contribution < -0.4 is 11.3 Å². The van der Waals surface area contributed by atoms with Crippen LogP contribution in [0.5, 0.6) is 0 Å². The van der Waals surface area contributed by atoms with Gasteiger partial charge in [-0.3, -0.25) is 15.0 Å². The molecule has 4 nitrogen and oxygen atoms in total. The van der Waals surface area contributed by atoms with E-state index in [0.29, 0.717) is 16.8 Å². The average Bonchev–Trinajstić information content (AvgIpc) is 2.63. The number of hydrogen-bond acceptors (Lipinski definition) is 2. The van der Waals surface area contributed by atoms with Gasteiger partial charge in [0.05, 0.1) is 11.3 Å². The minimum absolute atomic E-state index is 0.0210. The lowest BCUT2D eigenvalue weighted by Gasteiger charge is -2.01. The molecule has 0 amide bonds. The number of hydrogen-bond donors (Lipinski definition) is 3. The van der Waals surface area contributed by atoms with Gasteiger partial charge in [-0.15, -0.1) is 0 Å². The molecule has 2 rings (SSSR count). The van der Waals surface area contributed by atoms with E-state index in [1.54, 1.807) is 0 Å². The molecule has 0 saturated heterocycles. The third-order valence-corrected chi connectivity index (χ3v) is 2.29. The van der Waals surface area contributed by atoms with Crippen LogP contribution in [-0.2, 0) is 6.54 Å². The molecule has 0 aliphatic heterocycles. The first-order chi connectivity index (χ1) is 7.63. The summed E-state index contributed by atoms with van der Waals surface area (Å²) < 4.78 is 25.7. The van der Waals surface area contributed by atoms with Crippen LogP contribution in [0.1, 0.15) is 5.56 Å². The summed E-state index contributed by atoms with van der Waals surface area (Å²) in [6.07, 6.45) is 0. The molecule has 0 aliphatic carbocycles. The van der Waals surface area contributed by atoms with Gasteiger partial charge in [-0.25, -0.2) is 8.78 Å². The standard InChI is InChI=1S/C10H9F2N3O/c11-7-2-1-5(3-8(7)12)9-6(4-13)10(16)15-14-9/h1-3H,4,13H2,(H2,14,15,16). The Morgan fingerprint density at radius 3 is 2.56 bits per heavy atom. The number of benzene rings is 1. The van der Waals surface area contributed by atoms with Crippen molar-refractivity contribution in [1.82, 2.24) is 10.2 Å². The lowest BCUT2D eigenvalue weighted by molar-refractivity contribution is 0.509. The van der Waals surface area contributed by atoms with Crippen molar-refractivity contribution in [2.45, 2.75) is 6.54 Å². The number of nitrogens with one attached hydrogen (secondary N) is 2. The van der Waals surface area contributed by atoms with Crippen molar-refractivity contribution in [2.75, 3.05) is 0 Å². The Morgan fingerprint density at radius 1 is 1.19 bits per heavy atom. The molecule has 0 spiro atoms. The molecule has 0 atom stereocenters. The monoisotopic (exact) mass is 225 g/mol. The molecule has 0 saturated carbocycles. The molecular weight excluding hydrogens is 216 g/mol. The van der Waals surface area contributed by atoms with E-state index in [0.717, 1.165) is 12.1 Å². The molecule has 0 fully saturated rings. The third-order valence-electron chi connectivity index (χ3n) is 2.29. The Bertz CT molecular complexity index is 574. The second kappa shape index (κ2) is 3.90. The molecular formula is C10H9F2N3O. The van der Waals surface area contributed by atoms with E-state index in [1.165, 1.54) is 6.07 Å². The highest BCUT2D eigenvalue weighted by atomic mass is 19.2. The summed E-state index contributed by atoms with van der Waals surface area (Å²) in [6, 6.07) is 3.38. The zero-order chi connectivity index (χ0) is 11.7. The Morgan fingerprint density at radius 2 is 1.94 bits per heavy atom. The van der Waals surface area contributed by atoms with Gasteiger partial charge in [-0.2, -0.15) is 0 Å². The van der Waals surface area contributed by atoms with Gasteiger partial charge < -0.3 is 5.73 Å². The van der Waals surface area contributed by atoms with Crippen LogP contribution in [0.15, 0.2) is 23.0 Å². The van der Waals surface area contributed by atoms with Crippen LogP contribution in [0, 0.1) is 11.6 Å². The second-order valence-electron chi connectivity index (χ2n) is 3.27. The number of halogens is 2. The van der Waals surface area contributed by atoms with Crippen molar-refractivity contribution in [3.05, 3.63) is 45.8 Å². The highest BCUT2D eigenvalue weighted by molar-refractivity contribution is 5.62. The normalized spacial score (nSPS) is 10.7. The molecule has 1 aromatic heterocycles. The molecule has 0 bridgehead atoms. The third kappa shape index (κ3) is 1.63. The van der Waals surface area contributed by atoms with E-state index in [2.05, 4.69) is 10.2 Å². The summed E-state index contributed by atoms with van der Waals surface area (Å²) in [5.74, 6) is -1.90. The van der Waals surface area contributed by atoms with Crippen LogP contribution in [-0.4, -0.2) is 10.2 Å². The molecule has 4 N–H and O–H groups in total. The predicted octanol–water partition coefficient (Wildman–Crippen LogP) is 1.11. The van der Waals surface area contributed by atoms with E-state index in [-0.39, 0.29) is 12.1 Å². The topological polar surface area (TPSA) is 74.7 Å². The first-order valence-electron chi connectivity index (χ1n) is 4.58. The fourth-order valence-corrected chi connectivity index (χ4v) is 1.48. The van der Waals surface area contributed by atoms with Crippen molar-refractivity contribution in [3.8, 4) is 11.3 Å². The minimum Gasteiger partial charge on any atom is -0.326 e. The zero-order valence-corrected chi connectivity index (χ0v) is 8.18. The van der Waals surface area contributed by atoms with E-state index in [1.807, 2.05) is 0 Å². The maximum Gasteiger partial charge on any atom is 0.269 e. The first-order valence-corrected chi connectivity index (χ1v) is 4.58. The zero-order valence-electron chi connectivity index (χ0n) is 8.18. The van der Waals surface area contributed by atoms with Crippen LogP contribution in [0.2, 0.25) is 0 Å². The van der Waals surface area contributed by atoms with Crippen LogP contribution >= 0.6 is 0 Å². The van der Waals surface area contributed by atoms with Gasteiger partial charge in [-0.1, -0.05) is 0 Å². The summed E-state index contributed by atoms with van der Waals surface area (Å²) in [6.45, 7) is 0.0210. The molecule has 6 heteroatoms. The van der Waals surface area contributed by atoms with Crippen LogP contribution in [0.25, 0.3) is 11.3 Å². The van der Waals surface area contributed by atoms with Crippen molar-refractivity contribution < 1.29 is 8.78 Å². The summed E-state index contributed by atoms with van der Waals surface area (Å²) >= 11 is 0. The molecule has 0 radical (unpaired) electrons. The summed E-state index contributed by atoms with van der Waals surface area (Å²) in [5, 5.41) is 4.93. The van der Waals surface area contributed by atoms with Gasteiger partial charge in [0.1, 0.15) is 0 Å². The van der Waals surface area contributed by atoms with E-state index in [4.69, 9.17) is 5.73 Å². The average molecular weight is 225 g/mol. The number of nitrogens with two attached hydrogens (primary N) is 1. The molecule has 1 aromatic carbocycles. The van der Waals surface area contributed by atoms with Gasteiger partial charge >= 0.3 is 0 Å². The predicted molar refractivity (Wildman–Crippen MR) is 54.7 cm³/mol. The lowest BCUT2D eigenvalue weighted by Crippen LogP contribution is -2.10. The Balaban J connectivity index is 2.58. The first kappa shape index (κ1) is 10.6. The Labute approximate surface area is 89.1 Å². The Kier molecular flexibility index (Phi) is 2.57. The number of rotatable bonds is 2. The Hall–Kier alpha value is -1.95. The SMILES string of the molecule is NCc1c(-c2ccc(F)c(F)c2)[nH][nH]c1=O. The highest BCUT2D eigenvalue weighted by Crippen LogP contribution is 2.20. The van der Waals surface area contributed by atoms with E-state index < -0.39 is 11.6 Å². The highest BCUT2D eigenvalue weighted by Gasteiger charge is 2.12. The summed E-state index contributed by atoms with van der Waals surface area (Å²) in [5.41, 5.74) is 6.10. The number of H-pyrrole nitrogens is 2. The fourth-order valence-electron chi connectivity index (χ4n) is 1.48. The molecule has 16 heavy (non-hydrogen) atoms. The largest absolute Gasteiger partial charge is 0.326 e. The van der Waals surface area contributed by atoms with Crippen molar-refractivity contribution in [1.29, 1.82) is 0 Å². The molecule has 1 heterocycles. The molecule has 0 unspecified atom stereocenters. The summed E-state index contributed by atoms with van der Waals surface area (Å²) in [4.78, 5) is 11.3. The number of aromatic amines is 2. The second-order valence-corrected chi connectivity index (χ2v) is 3.27. The van der Waals surface area contributed by atoms with Gasteiger partial charge in [0.25, 0.3) is 5.56 Å². The molecule has 2 aromatic rings.